The van der Waals surface area contributed by atoms with Crippen molar-refractivity contribution in [3.8, 4) is 0 Å². The number of alkyl halides is 3. The average Bonchev–Trinajstić information content (AvgIpc) is 2.25. The van der Waals surface area contributed by atoms with Gasteiger partial charge in [-0.3, -0.25) is 10.1 Å². The van der Waals surface area contributed by atoms with Crippen molar-refractivity contribution < 1.29 is 10.1 Å². The molecular formula is C13H17Cl4N2O+. The molecule has 20 heavy (non-hydrogen) atoms. The minimum Gasteiger partial charge on any atom is -0.319 e. The van der Waals surface area contributed by atoms with Gasteiger partial charge >= 0.3 is 0 Å². The van der Waals surface area contributed by atoms with Crippen molar-refractivity contribution in [3.05, 3.63) is 34.9 Å². The zero-order valence-electron chi connectivity index (χ0n) is 11.4. The largest absolute Gasteiger partial charge is 0.319 e. The van der Waals surface area contributed by atoms with Gasteiger partial charge in [-0.15, -0.1) is 0 Å². The molecule has 1 aromatic carbocycles. The van der Waals surface area contributed by atoms with Gasteiger partial charge in [0.1, 0.15) is 0 Å². The number of amides is 1. The highest BCUT2D eigenvalue weighted by molar-refractivity contribution is 6.68. The highest BCUT2D eigenvalue weighted by atomic mass is 35.6. The lowest BCUT2D eigenvalue weighted by atomic mass is 10.1. The fourth-order valence-electron chi connectivity index (χ4n) is 1.57. The van der Waals surface area contributed by atoms with Crippen LogP contribution in [0.15, 0.2) is 24.3 Å². The fraction of sp³-hybridized carbons (Fsp3) is 0.462. The third-order valence-corrected chi connectivity index (χ3v) is 3.33. The first-order valence-corrected chi connectivity index (χ1v) is 7.49. The lowest BCUT2D eigenvalue weighted by Crippen LogP contribution is -3.03. The van der Waals surface area contributed by atoms with E-state index in [0.29, 0.717) is 10.6 Å². The Hall–Kier alpha value is -0.190. The highest BCUT2D eigenvalue weighted by Crippen LogP contribution is 2.28. The first kappa shape index (κ1) is 17.9. The number of hydrogen-bond donors (Lipinski definition) is 2. The molecular weight excluding hydrogens is 342 g/mol. The van der Waals surface area contributed by atoms with Gasteiger partial charge in [-0.05, 0) is 39.0 Å². The predicted molar refractivity (Wildman–Crippen MR) is 84.7 cm³/mol. The molecule has 0 aliphatic carbocycles. The van der Waals surface area contributed by atoms with E-state index in [0.717, 1.165) is 0 Å². The molecule has 0 bridgehead atoms. The van der Waals surface area contributed by atoms with Crippen LogP contribution in [-0.2, 0) is 0 Å². The standard InChI is InChI=1S/C13H16Cl4N2O/c1-12(2,3)19-11(13(15,16)17)18-10(20)8-5-4-6-9(14)7-8/h4-7,11,19H,1-3H3,(H,18,20)/p+1/t11-/m1/s1. The van der Waals surface area contributed by atoms with Crippen LogP contribution in [0, 0.1) is 0 Å². The summed E-state index contributed by atoms with van der Waals surface area (Å²) >= 11 is 23.6. The summed E-state index contributed by atoms with van der Waals surface area (Å²) in [6, 6.07) is 6.58. The quantitative estimate of drug-likeness (QED) is 0.632. The van der Waals surface area contributed by atoms with Crippen LogP contribution in [0.2, 0.25) is 5.02 Å². The van der Waals surface area contributed by atoms with E-state index in [-0.39, 0.29) is 11.4 Å². The van der Waals surface area contributed by atoms with E-state index in [2.05, 4.69) is 5.32 Å². The van der Waals surface area contributed by atoms with Gasteiger partial charge in [0.05, 0.1) is 5.54 Å². The van der Waals surface area contributed by atoms with E-state index in [4.69, 9.17) is 46.4 Å². The van der Waals surface area contributed by atoms with Gasteiger partial charge < -0.3 is 5.32 Å². The van der Waals surface area contributed by atoms with Crippen LogP contribution in [0.3, 0.4) is 0 Å². The molecule has 0 aromatic heterocycles. The van der Waals surface area contributed by atoms with Gasteiger partial charge in [-0.2, -0.15) is 0 Å². The van der Waals surface area contributed by atoms with Crippen LogP contribution in [-0.4, -0.2) is 21.4 Å². The van der Waals surface area contributed by atoms with Crippen LogP contribution in [0.4, 0.5) is 0 Å². The molecule has 0 spiro atoms. The van der Waals surface area contributed by atoms with Gasteiger partial charge in [-0.25, -0.2) is 0 Å². The molecule has 0 fully saturated rings. The summed E-state index contributed by atoms with van der Waals surface area (Å²) in [6.07, 6.45) is -0.709. The first-order chi connectivity index (χ1) is 8.99. The summed E-state index contributed by atoms with van der Waals surface area (Å²) in [6.45, 7) is 5.88. The van der Waals surface area contributed by atoms with E-state index < -0.39 is 9.96 Å². The summed E-state index contributed by atoms with van der Waals surface area (Å²) in [7, 11) is 0. The van der Waals surface area contributed by atoms with Crippen LogP contribution < -0.4 is 10.6 Å². The van der Waals surface area contributed by atoms with Gasteiger partial charge in [0.25, 0.3) is 9.70 Å². The number of rotatable bonds is 3. The van der Waals surface area contributed by atoms with Crippen molar-refractivity contribution >= 4 is 52.3 Å². The molecule has 112 valence electrons. The van der Waals surface area contributed by atoms with Gasteiger partial charge in [-0.1, -0.05) is 52.5 Å². The molecule has 0 aliphatic heterocycles. The van der Waals surface area contributed by atoms with Crippen molar-refractivity contribution in [2.45, 2.75) is 36.3 Å². The molecule has 0 heterocycles. The molecule has 1 amide bonds. The van der Waals surface area contributed by atoms with E-state index in [1.54, 1.807) is 29.6 Å². The molecule has 1 atom stereocenters. The maximum atomic E-state index is 12.2. The number of nitrogens with one attached hydrogen (secondary N) is 1. The lowest BCUT2D eigenvalue weighted by molar-refractivity contribution is -0.749. The molecule has 7 heteroatoms. The number of benzene rings is 1. The van der Waals surface area contributed by atoms with Crippen molar-refractivity contribution in [2.24, 2.45) is 0 Å². The van der Waals surface area contributed by atoms with E-state index in [1.165, 1.54) is 0 Å². The molecule has 0 aliphatic rings. The fourth-order valence-corrected chi connectivity index (χ4v) is 2.12. The third-order valence-electron chi connectivity index (χ3n) is 2.39. The van der Waals surface area contributed by atoms with E-state index in [9.17, 15) is 4.79 Å². The highest BCUT2D eigenvalue weighted by Gasteiger charge is 2.40. The normalized spacial score (nSPS) is 13.9. The number of carbonyl (C=O) groups is 1. The smallest absolute Gasteiger partial charge is 0.262 e. The Morgan fingerprint density at radius 2 is 1.85 bits per heavy atom. The molecule has 0 radical (unpaired) electrons. The summed E-state index contributed by atoms with van der Waals surface area (Å²) in [5.74, 6) is -0.343. The van der Waals surface area contributed by atoms with Gasteiger partial charge in [0.2, 0.25) is 6.17 Å². The number of halogens is 4. The van der Waals surface area contributed by atoms with Crippen LogP contribution in [0.25, 0.3) is 0 Å². The van der Waals surface area contributed by atoms with Crippen molar-refractivity contribution in [3.63, 3.8) is 0 Å². The predicted octanol–water partition coefficient (Wildman–Crippen LogP) is 3.13. The molecule has 3 N–H and O–H groups in total. The Kier molecular flexibility index (Phi) is 6.00. The second-order valence-electron chi connectivity index (χ2n) is 5.54. The topological polar surface area (TPSA) is 45.7 Å². The second-order valence-corrected chi connectivity index (χ2v) is 8.34. The zero-order valence-corrected chi connectivity index (χ0v) is 14.4. The Labute approximate surface area is 138 Å². The van der Waals surface area contributed by atoms with Crippen molar-refractivity contribution in [2.75, 3.05) is 0 Å². The minimum absolute atomic E-state index is 0.212. The molecule has 3 nitrogen and oxygen atoms in total. The molecule has 0 saturated carbocycles. The number of nitrogens with two attached hydrogens (primary N) is 1. The summed E-state index contributed by atoms with van der Waals surface area (Å²) in [5.41, 5.74) is 0.204. The molecule has 0 unspecified atom stereocenters. The Balaban J connectivity index is 2.88. The Bertz CT molecular complexity index is 480. The zero-order chi connectivity index (χ0) is 15.6. The first-order valence-electron chi connectivity index (χ1n) is 5.98. The van der Waals surface area contributed by atoms with Crippen LogP contribution >= 0.6 is 46.4 Å². The Morgan fingerprint density at radius 1 is 1.25 bits per heavy atom. The summed E-state index contributed by atoms with van der Waals surface area (Å²) in [4.78, 5) is 12.2. The number of carbonyl (C=O) groups excluding carboxylic acids is 1. The average molecular weight is 359 g/mol. The molecule has 1 rings (SSSR count). The number of hydrogen-bond acceptors (Lipinski definition) is 1. The summed E-state index contributed by atoms with van der Waals surface area (Å²) < 4.78 is -1.62. The van der Waals surface area contributed by atoms with Crippen molar-refractivity contribution in [1.82, 2.24) is 5.32 Å². The van der Waals surface area contributed by atoms with Gasteiger partial charge in [0.15, 0.2) is 0 Å². The van der Waals surface area contributed by atoms with Crippen LogP contribution in [0.1, 0.15) is 31.1 Å². The van der Waals surface area contributed by atoms with Gasteiger partial charge in [0, 0.05) is 10.6 Å². The van der Waals surface area contributed by atoms with E-state index >= 15 is 0 Å². The monoisotopic (exact) mass is 357 g/mol. The molecule has 1 aromatic rings. The Morgan fingerprint density at radius 3 is 2.30 bits per heavy atom. The number of quaternary nitrogens is 1. The molecule has 0 saturated heterocycles. The maximum Gasteiger partial charge on any atom is 0.262 e. The van der Waals surface area contributed by atoms with E-state index in [1.807, 2.05) is 20.8 Å². The SMILES string of the molecule is CC(C)(C)[NH2+][C@@H](NC(=O)c1cccc(Cl)c1)C(Cl)(Cl)Cl. The van der Waals surface area contributed by atoms with Crippen molar-refractivity contribution in [1.29, 1.82) is 0 Å². The maximum absolute atomic E-state index is 12.2. The lowest BCUT2D eigenvalue weighted by Gasteiger charge is -2.29. The van der Waals surface area contributed by atoms with Crippen LogP contribution in [0.5, 0.6) is 0 Å². The minimum atomic E-state index is -1.62. The third kappa shape index (κ3) is 6.06. The summed E-state index contributed by atoms with van der Waals surface area (Å²) in [5, 5.41) is 4.98. The second kappa shape index (κ2) is 6.71.